The van der Waals surface area contributed by atoms with Gasteiger partial charge in [0.15, 0.2) is 0 Å². The van der Waals surface area contributed by atoms with Crippen molar-refractivity contribution < 1.29 is 14.6 Å². The Morgan fingerprint density at radius 2 is 2.00 bits per heavy atom. The zero-order chi connectivity index (χ0) is 13.0. The molecule has 1 atom stereocenters. The van der Waals surface area contributed by atoms with Crippen LogP contribution in [0.2, 0.25) is 0 Å². The van der Waals surface area contributed by atoms with E-state index in [1.54, 1.807) is 0 Å². The van der Waals surface area contributed by atoms with Crippen LogP contribution in [0.25, 0.3) is 0 Å². The van der Waals surface area contributed by atoms with Gasteiger partial charge in [-0.1, -0.05) is 24.3 Å². The van der Waals surface area contributed by atoms with Crippen LogP contribution in [0.1, 0.15) is 24.0 Å². The van der Waals surface area contributed by atoms with Crippen molar-refractivity contribution in [3.8, 4) is 0 Å². The summed E-state index contributed by atoms with van der Waals surface area (Å²) in [5.74, 6) is 0.249. The van der Waals surface area contributed by atoms with Gasteiger partial charge in [-0.05, 0) is 29.9 Å². The molecule has 1 unspecified atom stereocenters. The van der Waals surface area contributed by atoms with Crippen molar-refractivity contribution in [3.63, 3.8) is 0 Å². The number of ether oxygens (including phenoxy) is 1. The summed E-state index contributed by atoms with van der Waals surface area (Å²) in [5.41, 5.74) is 1.99. The lowest BCUT2D eigenvalue weighted by molar-refractivity contribution is -0.143. The van der Waals surface area contributed by atoms with E-state index in [1.165, 1.54) is 7.11 Å². The molecule has 0 bridgehead atoms. The van der Waals surface area contributed by atoms with Crippen molar-refractivity contribution in [1.82, 2.24) is 5.32 Å². The predicted molar refractivity (Wildman–Crippen MR) is 67.7 cm³/mol. The number of carbonyl (C=O) groups excluding carboxylic acids is 1. The van der Waals surface area contributed by atoms with Crippen LogP contribution in [0.15, 0.2) is 24.3 Å². The fraction of sp³-hybridized carbons (Fsp3) is 0.500. The average molecular weight is 249 g/mol. The van der Waals surface area contributed by atoms with Gasteiger partial charge in [0.2, 0.25) is 0 Å². The third-order valence-electron chi connectivity index (χ3n) is 3.28. The standard InChI is InChI=1S/C14H19NO3/c1-18-14(17)13(12-6-7-12)15-8-10-2-4-11(9-16)5-3-10/h2-5,12-13,15-16H,6-9H2,1H3. The number of hydrogen-bond acceptors (Lipinski definition) is 4. The quantitative estimate of drug-likeness (QED) is 0.744. The summed E-state index contributed by atoms with van der Waals surface area (Å²) in [6.45, 7) is 0.697. The summed E-state index contributed by atoms with van der Waals surface area (Å²) in [5, 5.41) is 12.2. The molecule has 0 saturated heterocycles. The number of carbonyl (C=O) groups is 1. The Morgan fingerprint density at radius 1 is 1.39 bits per heavy atom. The molecule has 2 N–H and O–H groups in total. The highest BCUT2D eigenvalue weighted by Crippen LogP contribution is 2.33. The number of hydrogen-bond donors (Lipinski definition) is 2. The Bertz CT molecular complexity index is 398. The second kappa shape index (κ2) is 5.98. The third-order valence-corrected chi connectivity index (χ3v) is 3.28. The van der Waals surface area contributed by atoms with Crippen LogP contribution < -0.4 is 5.32 Å². The van der Waals surface area contributed by atoms with E-state index in [0.29, 0.717) is 12.5 Å². The first-order valence-corrected chi connectivity index (χ1v) is 6.24. The maximum atomic E-state index is 11.6. The Balaban J connectivity index is 1.90. The Labute approximate surface area is 107 Å². The second-order valence-corrected chi connectivity index (χ2v) is 4.69. The van der Waals surface area contributed by atoms with Gasteiger partial charge < -0.3 is 15.2 Å². The van der Waals surface area contributed by atoms with Gasteiger partial charge in [-0.15, -0.1) is 0 Å². The first kappa shape index (κ1) is 13.1. The largest absolute Gasteiger partial charge is 0.468 e. The Hall–Kier alpha value is -1.39. The molecular formula is C14H19NO3. The first-order valence-electron chi connectivity index (χ1n) is 6.24. The maximum Gasteiger partial charge on any atom is 0.323 e. The van der Waals surface area contributed by atoms with Gasteiger partial charge in [-0.3, -0.25) is 4.79 Å². The number of rotatable bonds is 6. The monoisotopic (exact) mass is 249 g/mol. The van der Waals surface area contributed by atoms with Gasteiger partial charge in [-0.2, -0.15) is 0 Å². The number of methoxy groups -OCH3 is 1. The molecule has 1 aromatic rings. The molecule has 1 aliphatic carbocycles. The van der Waals surface area contributed by atoms with Crippen molar-refractivity contribution in [2.24, 2.45) is 5.92 Å². The minimum atomic E-state index is -0.187. The number of benzene rings is 1. The molecule has 1 saturated carbocycles. The van der Waals surface area contributed by atoms with Crippen LogP contribution >= 0.6 is 0 Å². The highest BCUT2D eigenvalue weighted by molar-refractivity contribution is 5.76. The summed E-state index contributed by atoms with van der Waals surface area (Å²) in [4.78, 5) is 11.6. The van der Waals surface area contributed by atoms with Crippen LogP contribution in [0.4, 0.5) is 0 Å². The molecule has 0 aromatic heterocycles. The van der Waals surface area contributed by atoms with E-state index in [1.807, 2.05) is 24.3 Å². The molecule has 0 aliphatic heterocycles. The minimum Gasteiger partial charge on any atom is -0.468 e. The topological polar surface area (TPSA) is 58.6 Å². The summed E-state index contributed by atoms with van der Waals surface area (Å²) in [6.07, 6.45) is 2.19. The van der Waals surface area contributed by atoms with Gasteiger partial charge in [-0.25, -0.2) is 0 Å². The lowest BCUT2D eigenvalue weighted by Gasteiger charge is -2.15. The van der Waals surface area contributed by atoms with Gasteiger partial charge in [0.1, 0.15) is 6.04 Å². The van der Waals surface area contributed by atoms with Crippen LogP contribution in [0.3, 0.4) is 0 Å². The van der Waals surface area contributed by atoms with E-state index in [-0.39, 0.29) is 18.6 Å². The van der Waals surface area contributed by atoms with Crippen molar-refractivity contribution in [2.45, 2.75) is 32.0 Å². The summed E-state index contributed by atoms with van der Waals surface area (Å²) in [7, 11) is 1.43. The van der Waals surface area contributed by atoms with Gasteiger partial charge in [0.05, 0.1) is 13.7 Å². The number of esters is 1. The van der Waals surface area contributed by atoms with Gasteiger partial charge >= 0.3 is 5.97 Å². The third kappa shape index (κ3) is 3.31. The SMILES string of the molecule is COC(=O)C(NCc1ccc(CO)cc1)C1CC1. The van der Waals surface area contributed by atoms with E-state index in [0.717, 1.165) is 24.0 Å². The van der Waals surface area contributed by atoms with Crippen LogP contribution in [-0.4, -0.2) is 24.2 Å². The highest BCUT2D eigenvalue weighted by atomic mass is 16.5. The minimum absolute atomic E-state index is 0.0561. The molecule has 0 radical (unpaired) electrons. The van der Waals surface area contributed by atoms with Gasteiger partial charge in [0.25, 0.3) is 0 Å². The van der Waals surface area contributed by atoms with Crippen LogP contribution in [0, 0.1) is 5.92 Å². The lowest BCUT2D eigenvalue weighted by Crippen LogP contribution is -2.39. The number of aliphatic hydroxyl groups is 1. The molecule has 4 heteroatoms. The summed E-state index contributed by atoms with van der Waals surface area (Å²) < 4.78 is 4.80. The van der Waals surface area contributed by atoms with E-state index in [4.69, 9.17) is 9.84 Å². The summed E-state index contributed by atoms with van der Waals surface area (Å²) in [6, 6.07) is 7.51. The predicted octanol–water partition coefficient (Wildman–Crippen LogP) is 1.22. The molecule has 1 aliphatic rings. The molecule has 98 valence electrons. The molecule has 1 fully saturated rings. The van der Waals surface area contributed by atoms with E-state index in [2.05, 4.69) is 5.32 Å². The van der Waals surface area contributed by atoms with Crippen LogP contribution in [0.5, 0.6) is 0 Å². The normalized spacial score (nSPS) is 16.3. The molecule has 0 spiro atoms. The molecular weight excluding hydrogens is 230 g/mol. The Morgan fingerprint density at radius 3 is 2.50 bits per heavy atom. The zero-order valence-electron chi connectivity index (χ0n) is 10.6. The zero-order valence-corrected chi connectivity index (χ0v) is 10.6. The van der Waals surface area contributed by atoms with Crippen molar-refractivity contribution in [2.75, 3.05) is 7.11 Å². The average Bonchev–Trinajstić information content (AvgIpc) is 3.24. The van der Waals surface area contributed by atoms with E-state index >= 15 is 0 Å². The lowest BCUT2D eigenvalue weighted by atomic mass is 10.1. The Kier molecular flexibility index (Phi) is 4.33. The van der Waals surface area contributed by atoms with Crippen molar-refractivity contribution in [1.29, 1.82) is 0 Å². The van der Waals surface area contributed by atoms with Crippen molar-refractivity contribution in [3.05, 3.63) is 35.4 Å². The number of nitrogens with one attached hydrogen (secondary N) is 1. The number of aliphatic hydroxyl groups excluding tert-OH is 1. The second-order valence-electron chi connectivity index (χ2n) is 4.69. The van der Waals surface area contributed by atoms with Crippen molar-refractivity contribution >= 4 is 5.97 Å². The van der Waals surface area contributed by atoms with E-state index in [9.17, 15) is 4.79 Å². The van der Waals surface area contributed by atoms with E-state index < -0.39 is 0 Å². The van der Waals surface area contributed by atoms with Gasteiger partial charge in [0, 0.05) is 6.54 Å². The molecule has 2 rings (SSSR count). The smallest absolute Gasteiger partial charge is 0.323 e. The molecule has 1 aromatic carbocycles. The first-order chi connectivity index (χ1) is 8.74. The fourth-order valence-electron chi connectivity index (χ4n) is 1.99. The summed E-state index contributed by atoms with van der Waals surface area (Å²) >= 11 is 0. The van der Waals surface area contributed by atoms with Crippen LogP contribution in [-0.2, 0) is 22.7 Å². The fourth-order valence-corrected chi connectivity index (χ4v) is 1.99. The highest BCUT2D eigenvalue weighted by Gasteiger charge is 2.36. The molecule has 18 heavy (non-hydrogen) atoms. The molecule has 0 amide bonds. The molecule has 4 nitrogen and oxygen atoms in total. The maximum absolute atomic E-state index is 11.6. The molecule has 0 heterocycles.